The molecule has 12 heavy (non-hydrogen) atoms. The first-order valence-corrected chi connectivity index (χ1v) is 3.26. The Morgan fingerprint density at radius 1 is 1.58 bits per heavy atom. The van der Waals surface area contributed by atoms with Gasteiger partial charge < -0.3 is 10.8 Å². The molecule has 62 valence electrons. The second kappa shape index (κ2) is 3.20. The molecular formula is C8H7FN2O. The minimum atomic E-state index is -0.703. The fraction of sp³-hybridized carbons (Fsp3) is 0.125. The van der Waals surface area contributed by atoms with Crippen LogP contribution in [0.5, 0.6) is 0 Å². The summed E-state index contributed by atoms with van der Waals surface area (Å²) in [7, 11) is 0. The molecule has 1 aromatic rings. The standard InChI is InChI=1S/C8H7FN2O/c1-11-7-3-2-6(10)8(9)5(7)4-12/h2-3,12H,4,10H2. The van der Waals surface area contributed by atoms with E-state index in [9.17, 15) is 4.39 Å². The molecule has 0 saturated carbocycles. The van der Waals surface area contributed by atoms with Gasteiger partial charge in [-0.15, -0.1) is 0 Å². The maximum absolute atomic E-state index is 13.0. The van der Waals surface area contributed by atoms with E-state index >= 15 is 0 Å². The molecule has 4 heteroatoms. The second-order valence-corrected chi connectivity index (χ2v) is 2.24. The topological polar surface area (TPSA) is 50.6 Å². The minimum Gasteiger partial charge on any atom is -0.396 e. The molecule has 0 unspecified atom stereocenters. The number of halogens is 1. The number of hydrogen-bond donors (Lipinski definition) is 2. The highest BCUT2D eigenvalue weighted by molar-refractivity contribution is 5.59. The van der Waals surface area contributed by atoms with E-state index in [1.54, 1.807) is 0 Å². The monoisotopic (exact) mass is 166 g/mol. The van der Waals surface area contributed by atoms with Crippen molar-refractivity contribution in [3.63, 3.8) is 0 Å². The molecule has 0 atom stereocenters. The van der Waals surface area contributed by atoms with Crippen molar-refractivity contribution >= 4 is 11.4 Å². The van der Waals surface area contributed by atoms with Crippen molar-refractivity contribution in [1.82, 2.24) is 0 Å². The Balaban J connectivity index is 3.38. The molecular weight excluding hydrogens is 159 g/mol. The maximum atomic E-state index is 13.0. The van der Waals surface area contributed by atoms with E-state index in [4.69, 9.17) is 17.4 Å². The van der Waals surface area contributed by atoms with E-state index in [0.29, 0.717) is 0 Å². The highest BCUT2D eigenvalue weighted by Crippen LogP contribution is 2.25. The van der Waals surface area contributed by atoms with Gasteiger partial charge in [-0.05, 0) is 6.07 Å². The van der Waals surface area contributed by atoms with Crippen LogP contribution in [-0.4, -0.2) is 5.11 Å². The predicted molar refractivity (Wildman–Crippen MR) is 43.0 cm³/mol. The molecule has 0 aromatic heterocycles. The Morgan fingerprint density at radius 3 is 2.75 bits per heavy atom. The Kier molecular flexibility index (Phi) is 2.26. The van der Waals surface area contributed by atoms with Gasteiger partial charge in [-0.2, -0.15) is 0 Å². The lowest BCUT2D eigenvalue weighted by molar-refractivity contribution is 0.277. The molecule has 0 bridgehead atoms. The van der Waals surface area contributed by atoms with Crippen LogP contribution in [0.1, 0.15) is 5.56 Å². The Bertz CT molecular complexity index is 344. The molecule has 0 aliphatic carbocycles. The summed E-state index contributed by atoms with van der Waals surface area (Å²) in [5.74, 6) is -0.703. The van der Waals surface area contributed by atoms with Gasteiger partial charge in [-0.1, -0.05) is 6.07 Å². The van der Waals surface area contributed by atoms with Gasteiger partial charge in [0, 0.05) is 5.56 Å². The van der Waals surface area contributed by atoms with Gasteiger partial charge in [0.05, 0.1) is 18.9 Å². The Morgan fingerprint density at radius 2 is 2.25 bits per heavy atom. The van der Waals surface area contributed by atoms with Crippen LogP contribution in [0.3, 0.4) is 0 Å². The van der Waals surface area contributed by atoms with Crippen molar-refractivity contribution in [1.29, 1.82) is 0 Å². The molecule has 0 aliphatic rings. The average Bonchev–Trinajstić information content (AvgIpc) is 2.09. The molecule has 0 fully saturated rings. The first kappa shape index (κ1) is 8.50. The lowest BCUT2D eigenvalue weighted by Gasteiger charge is -2.03. The maximum Gasteiger partial charge on any atom is 0.195 e. The number of aliphatic hydroxyl groups excluding tert-OH is 1. The van der Waals surface area contributed by atoms with Crippen LogP contribution in [0.2, 0.25) is 0 Å². The van der Waals surface area contributed by atoms with Gasteiger partial charge in [0.2, 0.25) is 0 Å². The SMILES string of the molecule is [C-]#[N+]c1ccc(N)c(F)c1CO. The van der Waals surface area contributed by atoms with Crippen molar-refractivity contribution in [2.24, 2.45) is 0 Å². The zero-order valence-corrected chi connectivity index (χ0v) is 6.21. The number of hydrogen-bond acceptors (Lipinski definition) is 2. The van der Waals surface area contributed by atoms with Crippen LogP contribution in [-0.2, 0) is 6.61 Å². The highest BCUT2D eigenvalue weighted by atomic mass is 19.1. The van der Waals surface area contributed by atoms with E-state index in [-0.39, 0.29) is 16.9 Å². The van der Waals surface area contributed by atoms with Gasteiger partial charge in [0.1, 0.15) is 5.82 Å². The Hall–Kier alpha value is -1.60. The lowest BCUT2D eigenvalue weighted by atomic mass is 10.1. The molecule has 3 nitrogen and oxygen atoms in total. The van der Waals surface area contributed by atoms with Crippen LogP contribution in [0.4, 0.5) is 15.8 Å². The van der Waals surface area contributed by atoms with Gasteiger partial charge in [0.25, 0.3) is 0 Å². The smallest absolute Gasteiger partial charge is 0.195 e. The van der Waals surface area contributed by atoms with Gasteiger partial charge >= 0.3 is 0 Å². The van der Waals surface area contributed by atoms with Crippen molar-refractivity contribution in [2.75, 3.05) is 5.73 Å². The van der Waals surface area contributed by atoms with Crippen molar-refractivity contribution in [3.05, 3.63) is 34.9 Å². The molecule has 0 spiro atoms. The molecule has 1 aromatic carbocycles. The predicted octanol–water partition coefficient (Wildman–Crippen LogP) is 1.45. The number of nitrogens with zero attached hydrogens (tertiary/aromatic N) is 1. The summed E-state index contributed by atoms with van der Waals surface area (Å²) in [4.78, 5) is 3.04. The van der Waals surface area contributed by atoms with Crippen LogP contribution >= 0.6 is 0 Å². The average molecular weight is 166 g/mol. The zero-order valence-electron chi connectivity index (χ0n) is 6.21. The molecule has 0 heterocycles. The summed E-state index contributed by atoms with van der Waals surface area (Å²) >= 11 is 0. The summed E-state index contributed by atoms with van der Waals surface area (Å²) in [5.41, 5.74) is 5.25. The normalized spacial score (nSPS) is 9.42. The molecule has 1 rings (SSSR count). The van der Waals surface area contributed by atoms with Crippen LogP contribution < -0.4 is 5.73 Å². The van der Waals surface area contributed by atoms with E-state index < -0.39 is 12.4 Å². The third kappa shape index (κ3) is 1.22. The van der Waals surface area contributed by atoms with Crippen molar-refractivity contribution < 1.29 is 9.50 Å². The molecule has 3 N–H and O–H groups in total. The van der Waals surface area contributed by atoms with Crippen LogP contribution in [0.25, 0.3) is 4.85 Å². The molecule has 0 radical (unpaired) electrons. The number of nitrogens with two attached hydrogens (primary N) is 1. The van der Waals surface area contributed by atoms with E-state index in [0.717, 1.165) is 0 Å². The molecule has 0 saturated heterocycles. The minimum absolute atomic E-state index is 0.0370. The first-order valence-electron chi connectivity index (χ1n) is 3.26. The molecule has 0 aliphatic heterocycles. The Labute approximate surface area is 69.1 Å². The number of rotatable bonds is 1. The van der Waals surface area contributed by atoms with Crippen LogP contribution in [0.15, 0.2) is 12.1 Å². The number of benzene rings is 1. The van der Waals surface area contributed by atoms with E-state index in [1.165, 1.54) is 12.1 Å². The second-order valence-electron chi connectivity index (χ2n) is 2.24. The number of aliphatic hydroxyl groups is 1. The van der Waals surface area contributed by atoms with Crippen molar-refractivity contribution in [2.45, 2.75) is 6.61 Å². The summed E-state index contributed by atoms with van der Waals surface area (Å²) in [5, 5.41) is 8.72. The van der Waals surface area contributed by atoms with Crippen LogP contribution in [0, 0.1) is 12.4 Å². The summed E-state index contributed by atoms with van der Waals surface area (Å²) in [6.45, 7) is 6.16. The zero-order chi connectivity index (χ0) is 9.14. The number of nitrogen functional groups attached to an aromatic ring is 1. The number of anilines is 1. The van der Waals surface area contributed by atoms with E-state index in [2.05, 4.69) is 4.85 Å². The quantitative estimate of drug-likeness (QED) is 0.490. The third-order valence-corrected chi connectivity index (χ3v) is 1.53. The lowest BCUT2D eigenvalue weighted by Crippen LogP contribution is -1.96. The van der Waals surface area contributed by atoms with Gasteiger partial charge in [-0.25, -0.2) is 9.24 Å². The summed E-state index contributed by atoms with van der Waals surface area (Å²) < 4.78 is 13.0. The fourth-order valence-electron chi connectivity index (χ4n) is 0.884. The largest absolute Gasteiger partial charge is 0.396 e. The first-order chi connectivity index (χ1) is 5.70. The summed E-state index contributed by atoms with van der Waals surface area (Å²) in [6.07, 6.45) is 0. The molecule has 0 amide bonds. The van der Waals surface area contributed by atoms with Gasteiger partial charge in [0.15, 0.2) is 5.69 Å². The highest BCUT2D eigenvalue weighted by Gasteiger charge is 2.09. The van der Waals surface area contributed by atoms with E-state index in [1.807, 2.05) is 0 Å². The fourth-order valence-corrected chi connectivity index (χ4v) is 0.884. The summed E-state index contributed by atoms with van der Waals surface area (Å²) in [6, 6.07) is 2.69. The van der Waals surface area contributed by atoms with Crippen molar-refractivity contribution in [3.8, 4) is 0 Å². The third-order valence-electron chi connectivity index (χ3n) is 1.53. The van der Waals surface area contributed by atoms with Gasteiger partial charge in [-0.3, -0.25) is 0 Å².